The minimum absolute atomic E-state index is 0.330. The summed E-state index contributed by atoms with van der Waals surface area (Å²) in [4.78, 5) is 13.4. The third-order valence-electron chi connectivity index (χ3n) is 3.49. The molecular formula is C17H21NO3S. The molecule has 0 amide bonds. The van der Waals surface area contributed by atoms with E-state index in [2.05, 4.69) is 6.92 Å². The maximum absolute atomic E-state index is 12.3. The van der Waals surface area contributed by atoms with Crippen molar-refractivity contribution < 1.29 is 14.3 Å². The molecule has 0 spiro atoms. The molecule has 2 rings (SSSR count). The molecular weight excluding hydrogens is 298 g/mol. The van der Waals surface area contributed by atoms with E-state index in [1.54, 1.807) is 14.0 Å². The molecule has 0 atom stereocenters. The van der Waals surface area contributed by atoms with E-state index in [0.29, 0.717) is 17.2 Å². The molecule has 4 nitrogen and oxygen atoms in total. The van der Waals surface area contributed by atoms with Crippen LogP contribution in [-0.4, -0.2) is 19.7 Å². The van der Waals surface area contributed by atoms with E-state index in [4.69, 9.17) is 15.2 Å². The van der Waals surface area contributed by atoms with Crippen LogP contribution in [0, 0.1) is 6.92 Å². The highest BCUT2D eigenvalue weighted by Crippen LogP contribution is 2.40. The molecule has 0 saturated carbocycles. The molecule has 1 heterocycles. The lowest BCUT2D eigenvalue weighted by Gasteiger charge is -2.10. The van der Waals surface area contributed by atoms with E-state index >= 15 is 0 Å². The largest absolute Gasteiger partial charge is 0.496 e. The number of rotatable bonds is 5. The second kappa shape index (κ2) is 6.83. The lowest BCUT2D eigenvalue weighted by atomic mass is 9.98. The van der Waals surface area contributed by atoms with Gasteiger partial charge >= 0.3 is 5.97 Å². The van der Waals surface area contributed by atoms with Crippen LogP contribution in [0.25, 0.3) is 11.1 Å². The Kier molecular flexibility index (Phi) is 5.08. The first-order valence-corrected chi connectivity index (χ1v) is 8.08. The summed E-state index contributed by atoms with van der Waals surface area (Å²) in [6, 6.07) is 5.88. The predicted molar refractivity (Wildman–Crippen MR) is 90.8 cm³/mol. The van der Waals surface area contributed by atoms with Crippen molar-refractivity contribution in [3.8, 4) is 16.9 Å². The third-order valence-corrected chi connectivity index (χ3v) is 4.66. The summed E-state index contributed by atoms with van der Waals surface area (Å²) in [7, 11) is 1.64. The Morgan fingerprint density at radius 3 is 2.59 bits per heavy atom. The molecule has 5 heteroatoms. The van der Waals surface area contributed by atoms with Gasteiger partial charge < -0.3 is 15.2 Å². The van der Waals surface area contributed by atoms with E-state index in [1.165, 1.54) is 11.3 Å². The van der Waals surface area contributed by atoms with Crippen molar-refractivity contribution in [2.24, 2.45) is 0 Å². The zero-order chi connectivity index (χ0) is 16.3. The summed E-state index contributed by atoms with van der Waals surface area (Å²) < 4.78 is 10.5. The Labute approximate surface area is 134 Å². The van der Waals surface area contributed by atoms with Gasteiger partial charge in [0.2, 0.25) is 0 Å². The summed E-state index contributed by atoms with van der Waals surface area (Å²) in [6.45, 7) is 6.16. The predicted octanol–water partition coefficient (Wildman–Crippen LogP) is 4.05. The van der Waals surface area contributed by atoms with Gasteiger partial charge in [-0.25, -0.2) is 4.79 Å². The zero-order valence-electron chi connectivity index (χ0n) is 13.4. The summed E-state index contributed by atoms with van der Waals surface area (Å²) in [6.07, 6.45) is 0.814. The maximum atomic E-state index is 12.3. The molecule has 0 radical (unpaired) electrons. The van der Waals surface area contributed by atoms with Crippen LogP contribution < -0.4 is 10.5 Å². The highest BCUT2D eigenvalue weighted by atomic mass is 32.1. The van der Waals surface area contributed by atoms with E-state index in [0.717, 1.165) is 33.7 Å². The highest BCUT2D eigenvalue weighted by molar-refractivity contribution is 7.17. The van der Waals surface area contributed by atoms with Gasteiger partial charge in [-0.2, -0.15) is 0 Å². The number of anilines is 1. The Balaban J connectivity index is 2.62. The fourth-order valence-corrected chi connectivity index (χ4v) is 3.51. The second-order valence-electron chi connectivity index (χ2n) is 4.90. The molecule has 1 aromatic carbocycles. The minimum Gasteiger partial charge on any atom is -0.496 e. The van der Waals surface area contributed by atoms with E-state index in [-0.39, 0.29) is 5.97 Å². The Bertz CT molecular complexity index is 691. The molecule has 0 aliphatic rings. The van der Waals surface area contributed by atoms with Crippen molar-refractivity contribution in [2.75, 3.05) is 19.5 Å². The SMILES string of the molecule is CCOC(=O)c1c(N)sc(CC)c1-c1ccc(OC)c(C)c1. The number of esters is 1. The van der Waals surface area contributed by atoms with Gasteiger partial charge in [-0.3, -0.25) is 0 Å². The van der Waals surface area contributed by atoms with Gasteiger partial charge in [0.1, 0.15) is 16.3 Å². The first-order chi connectivity index (χ1) is 10.5. The van der Waals surface area contributed by atoms with Gasteiger partial charge in [-0.15, -0.1) is 11.3 Å². The smallest absolute Gasteiger partial charge is 0.341 e. The van der Waals surface area contributed by atoms with Gasteiger partial charge in [0.05, 0.1) is 13.7 Å². The Morgan fingerprint density at radius 1 is 1.32 bits per heavy atom. The van der Waals surface area contributed by atoms with Crippen molar-refractivity contribution in [1.29, 1.82) is 0 Å². The average molecular weight is 319 g/mol. The van der Waals surface area contributed by atoms with Gasteiger partial charge in [0.15, 0.2) is 0 Å². The number of aryl methyl sites for hydroxylation is 2. The van der Waals surface area contributed by atoms with Gasteiger partial charge in [0, 0.05) is 10.4 Å². The minimum atomic E-state index is -0.362. The van der Waals surface area contributed by atoms with Crippen molar-refractivity contribution in [1.82, 2.24) is 0 Å². The fraction of sp³-hybridized carbons (Fsp3) is 0.353. The van der Waals surface area contributed by atoms with Crippen LogP contribution in [-0.2, 0) is 11.2 Å². The van der Waals surface area contributed by atoms with Crippen molar-refractivity contribution >= 4 is 22.3 Å². The normalized spacial score (nSPS) is 10.5. The summed E-state index contributed by atoms with van der Waals surface area (Å²) in [5.41, 5.74) is 9.42. The molecule has 0 saturated heterocycles. The molecule has 0 bridgehead atoms. The van der Waals surface area contributed by atoms with E-state index in [9.17, 15) is 4.79 Å². The molecule has 0 aliphatic carbocycles. The van der Waals surface area contributed by atoms with E-state index in [1.807, 2.05) is 25.1 Å². The summed E-state index contributed by atoms with van der Waals surface area (Å²) in [5.74, 6) is 0.460. The quantitative estimate of drug-likeness (QED) is 0.844. The lowest BCUT2D eigenvalue weighted by Crippen LogP contribution is -2.07. The summed E-state index contributed by atoms with van der Waals surface area (Å²) in [5, 5.41) is 0.513. The van der Waals surface area contributed by atoms with Crippen LogP contribution in [0.15, 0.2) is 18.2 Å². The second-order valence-corrected chi connectivity index (χ2v) is 6.03. The number of nitrogen functional groups attached to an aromatic ring is 1. The lowest BCUT2D eigenvalue weighted by molar-refractivity contribution is 0.0529. The van der Waals surface area contributed by atoms with Gasteiger partial charge in [0.25, 0.3) is 0 Å². The van der Waals surface area contributed by atoms with E-state index < -0.39 is 0 Å². The molecule has 22 heavy (non-hydrogen) atoms. The Hall–Kier alpha value is -2.01. The zero-order valence-corrected chi connectivity index (χ0v) is 14.2. The fourth-order valence-electron chi connectivity index (χ4n) is 2.49. The standard InChI is InChI=1S/C17H21NO3S/c1-5-13-14(11-7-8-12(20-4)10(3)9-11)15(16(18)22-13)17(19)21-6-2/h7-9H,5-6,18H2,1-4H3. The number of ether oxygens (including phenoxy) is 2. The van der Waals surface area contributed by atoms with Crippen LogP contribution in [0.2, 0.25) is 0 Å². The number of carbonyl (C=O) groups is 1. The molecule has 0 fully saturated rings. The van der Waals surface area contributed by atoms with Crippen LogP contribution in [0.3, 0.4) is 0 Å². The van der Waals surface area contributed by atoms with Crippen molar-refractivity contribution in [3.05, 3.63) is 34.2 Å². The van der Waals surface area contributed by atoms with Crippen molar-refractivity contribution in [3.63, 3.8) is 0 Å². The monoisotopic (exact) mass is 319 g/mol. The molecule has 0 aliphatic heterocycles. The topological polar surface area (TPSA) is 61.5 Å². The van der Waals surface area contributed by atoms with Gasteiger partial charge in [-0.1, -0.05) is 13.0 Å². The van der Waals surface area contributed by atoms with Gasteiger partial charge in [-0.05, 0) is 43.5 Å². The van der Waals surface area contributed by atoms with Crippen LogP contribution >= 0.6 is 11.3 Å². The molecule has 118 valence electrons. The summed E-state index contributed by atoms with van der Waals surface area (Å²) >= 11 is 1.45. The molecule has 0 unspecified atom stereocenters. The molecule has 1 aromatic heterocycles. The van der Waals surface area contributed by atoms with Crippen LogP contribution in [0.5, 0.6) is 5.75 Å². The number of thiophene rings is 1. The third kappa shape index (κ3) is 2.95. The van der Waals surface area contributed by atoms with Crippen LogP contribution in [0.1, 0.15) is 34.6 Å². The number of nitrogens with two attached hydrogens (primary N) is 1. The maximum Gasteiger partial charge on any atom is 0.341 e. The average Bonchev–Trinajstić information content (AvgIpc) is 2.84. The number of hydrogen-bond acceptors (Lipinski definition) is 5. The van der Waals surface area contributed by atoms with Crippen molar-refractivity contribution in [2.45, 2.75) is 27.2 Å². The molecule has 2 aromatic rings. The molecule has 2 N–H and O–H groups in total. The van der Waals surface area contributed by atoms with Crippen LogP contribution in [0.4, 0.5) is 5.00 Å². The highest BCUT2D eigenvalue weighted by Gasteiger charge is 2.24. The Morgan fingerprint density at radius 2 is 2.05 bits per heavy atom. The number of benzene rings is 1. The first kappa shape index (κ1) is 16.4. The number of methoxy groups -OCH3 is 1. The first-order valence-electron chi connectivity index (χ1n) is 7.26. The number of carbonyl (C=O) groups excluding carboxylic acids is 1. The number of hydrogen-bond donors (Lipinski definition) is 1.